The van der Waals surface area contributed by atoms with Gasteiger partial charge in [-0.15, -0.1) is 10.2 Å². The molecule has 0 radical (unpaired) electrons. The highest BCUT2D eigenvalue weighted by atomic mass is 32.2. The van der Waals surface area contributed by atoms with Gasteiger partial charge in [0.1, 0.15) is 6.54 Å². The minimum atomic E-state index is -0.525. The lowest BCUT2D eigenvalue weighted by Gasteiger charge is -2.26. The van der Waals surface area contributed by atoms with Gasteiger partial charge in [-0.25, -0.2) is 0 Å². The van der Waals surface area contributed by atoms with Crippen molar-refractivity contribution < 1.29 is 14.0 Å². The molecular weight excluding hydrogens is 390 g/mol. The smallest absolute Gasteiger partial charge is 0.237 e. The molecule has 3 aromatic rings. The van der Waals surface area contributed by atoms with Crippen LogP contribution in [0.15, 0.2) is 52.2 Å². The number of aromatic nitrogens is 3. The van der Waals surface area contributed by atoms with Crippen LogP contribution in [0.4, 0.5) is 0 Å². The quantitative estimate of drug-likeness (QED) is 0.577. The highest BCUT2D eigenvalue weighted by Gasteiger charge is 2.23. The predicted molar refractivity (Wildman–Crippen MR) is 108 cm³/mol. The number of thioether (sulfide) groups is 1. The van der Waals surface area contributed by atoms with Gasteiger partial charge in [-0.2, -0.15) is 0 Å². The molecular formula is C20H21N5O3S. The lowest BCUT2D eigenvalue weighted by molar-refractivity contribution is -0.119. The van der Waals surface area contributed by atoms with Gasteiger partial charge in [0.25, 0.3) is 0 Å². The van der Waals surface area contributed by atoms with Crippen molar-refractivity contribution in [2.24, 2.45) is 5.73 Å². The Morgan fingerprint density at radius 1 is 1.24 bits per heavy atom. The molecule has 2 amide bonds. The van der Waals surface area contributed by atoms with Crippen molar-refractivity contribution in [3.05, 3.63) is 53.8 Å². The number of benzene rings is 1. The van der Waals surface area contributed by atoms with Crippen LogP contribution in [0.3, 0.4) is 0 Å². The number of furan rings is 1. The molecule has 2 aromatic heterocycles. The van der Waals surface area contributed by atoms with Gasteiger partial charge in [0, 0.05) is 0 Å². The first-order valence-electron chi connectivity index (χ1n) is 9.37. The largest absolute Gasteiger partial charge is 0.461 e. The van der Waals surface area contributed by atoms with Crippen molar-refractivity contribution in [1.82, 2.24) is 20.1 Å². The zero-order valence-electron chi connectivity index (χ0n) is 15.7. The Kier molecular flexibility index (Phi) is 5.66. The van der Waals surface area contributed by atoms with Crippen molar-refractivity contribution in [3.8, 4) is 11.6 Å². The summed E-state index contributed by atoms with van der Waals surface area (Å²) in [6.45, 7) is -0.0943. The van der Waals surface area contributed by atoms with Crippen LogP contribution >= 0.6 is 11.8 Å². The summed E-state index contributed by atoms with van der Waals surface area (Å²) in [5.74, 6) is 0.424. The lowest BCUT2D eigenvalue weighted by atomic mass is 9.88. The van der Waals surface area contributed by atoms with Crippen molar-refractivity contribution in [1.29, 1.82) is 0 Å². The van der Waals surface area contributed by atoms with Gasteiger partial charge >= 0.3 is 0 Å². The standard InChI is InChI=1S/C20H21N5O3S/c21-17(26)11-25-19(16-9-4-10-28-16)23-24-20(25)29-12-18(27)22-15-8-3-6-13-5-1-2-7-14(13)15/h1-2,4-5,7,9-10,15H,3,6,8,11-12H2,(H2,21,26)(H,22,27). The number of hydrogen-bond donors (Lipinski definition) is 2. The molecule has 1 unspecified atom stereocenters. The average molecular weight is 411 g/mol. The number of carbonyl (C=O) groups excluding carboxylic acids is 2. The van der Waals surface area contributed by atoms with E-state index >= 15 is 0 Å². The second kappa shape index (κ2) is 8.52. The third-order valence-corrected chi connectivity index (χ3v) is 5.78. The molecule has 1 atom stereocenters. The molecule has 0 aliphatic heterocycles. The van der Waals surface area contributed by atoms with E-state index in [1.807, 2.05) is 12.1 Å². The Bertz CT molecular complexity index is 1020. The molecule has 0 fully saturated rings. The molecule has 2 heterocycles. The van der Waals surface area contributed by atoms with Gasteiger partial charge in [0.05, 0.1) is 18.1 Å². The Labute approximate surface area is 171 Å². The fourth-order valence-electron chi connectivity index (χ4n) is 3.55. The second-order valence-electron chi connectivity index (χ2n) is 6.84. The molecule has 0 saturated heterocycles. The minimum Gasteiger partial charge on any atom is -0.461 e. The molecule has 1 aliphatic carbocycles. The average Bonchev–Trinajstić information content (AvgIpc) is 3.36. The third-order valence-electron chi connectivity index (χ3n) is 4.81. The summed E-state index contributed by atoms with van der Waals surface area (Å²) in [5, 5.41) is 11.8. The van der Waals surface area contributed by atoms with Crippen molar-refractivity contribution >= 4 is 23.6 Å². The number of carbonyl (C=O) groups is 2. The molecule has 29 heavy (non-hydrogen) atoms. The highest BCUT2D eigenvalue weighted by molar-refractivity contribution is 7.99. The maximum Gasteiger partial charge on any atom is 0.237 e. The molecule has 1 aromatic carbocycles. The van der Waals surface area contributed by atoms with Crippen LogP contribution in [0.25, 0.3) is 11.6 Å². The van der Waals surface area contributed by atoms with E-state index in [0.29, 0.717) is 16.7 Å². The summed E-state index contributed by atoms with van der Waals surface area (Å²) in [4.78, 5) is 24.0. The van der Waals surface area contributed by atoms with Crippen molar-refractivity contribution in [3.63, 3.8) is 0 Å². The summed E-state index contributed by atoms with van der Waals surface area (Å²) in [5.41, 5.74) is 7.85. The van der Waals surface area contributed by atoms with E-state index in [2.05, 4.69) is 27.6 Å². The maximum absolute atomic E-state index is 12.6. The molecule has 150 valence electrons. The van der Waals surface area contributed by atoms with E-state index in [1.165, 1.54) is 29.2 Å². The molecule has 0 spiro atoms. The van der Waals surface area contributed by atoms with Crippen LogP contribution in [0.5, 0.6) is 0 Å². The molecule has 0 saturated carbocycles. The molecule has 9 heteroatoms. The molecule has 8 nitrogen and oxygen atoms in total. The zero-order chi connectivity index (χ0) is 20.2. The SMILES string of the molecule is NC(=O)Cn1c(SCC(=O)NC2CCCc3ccccc32)nnc1-c1ccco1. The maximum atomic E-state index is 12.6. The number of aryl methyl sites for hydroxylation is 1. The number of hydrogen-bond acceptors (Lipinski definition) is 6. The topological polar surface area (TPSA) is 116 Å². The number of fused-ring (bicyclic) bond motifs is 1. The van der Waals surface area contributed by atoms with Crippen LogP contribution in [-0.2, 0) is 22.6 Å². The number of rotatable bonds is 7. The monoisotopic (exact) mass is 411 g/mol. The van der Waals surface area contributed by atoms with E-state index in [0.717, 1.165) is 19.3 Å². The predicted octanol–water partition coefficient (Wildman–Crippen LogP) is 2.31. The number of nitrogens with zero attached hydrogens (tertiary/aromatic N) is 3. The number of nitrogens with two attached hydrogens (primary N) is 1. The van der Waals surface area contributed by atoms with E-state index in [9.17, 15) is 9.59 Å². The van der Waals surface area contributed by atoms with Crippen molar-refractivity contribution in [2.45, 2.75) is 37.0 Å². The van der Waals surface area contributed by atoms with Crippen LogP contribution in [0.1, 0.15) is 30.0 Å². The second-order valence-corrected chi connectivity index (χ2v) is 7.78. The molecule has 0 bridgehead atoms. The first-order valence-corrected chi connectivity index (χ1v) is 10.4. The van der Waals surface area contributed by atoms with Gasteiger partial charge in [0.2, 0.25) is 17.6 Å². The number of amides is 2. The van der Waals surface area contributed by atoms with E-state index in [4.69, 9.17) is 10.2 Å². The van der Waals surface area contributed by atoms with Crippen LogP contribution < -0.4 is 11.1 Å². The Morgan fingerprint density at radius 3 is 2.90 bits per heavy atom. The first-order chi connectivity index (χ1) is 14.1. The van der Waals surface area contributed by atoms with Gasteiger partial charge in [-0.1, -0.05) is 36.0 Å². The van der Waals surface area contributed by atoms with Gasteiger partial charge in [-0.3, -0.25) is 14.2 Å². The Hall–Kier alpha value is -3.07. The van der Waals surface area contributed by atoms with E-state index < -0.39 is 5.91 Å². The zero-order valence-corrected chi connectivity index (χ0v) is 16.5. The summed E-state index contributed by atoms with van der Waals surface area (Å²) in [6, 6.07) is 11.7. The van der Waals surface area contributed by atoms with Crippen LogP contribution in [0.2, 0.25) is 0 Å². The Balaban J connectivity index is 1.44. The first kappa shape index (κ1) is 19.3. The lowest BCUT2D eigenvalue weighted by Crippen LogP contribution is -2.32. The summed E-state index contributed by atoms with van der Waals surface area (Å²) >= 11 is 1.21. The normalized spacial score (nSPS) is 15.7. The summed E-state index contributed by atoms with van der Waals surface area (Å²) in [6.07, 6.45) is 4.53. The minimum absolute atomic E-state index is 0.0234. The molecule has 4 rings (SSSR count). The van der Waals surface area contributed by atoms with E-state index in [-0.39, 0.29) is 24.2 Å². The van der Waals surface area contributed by atoms with Gasteiger partial charge in [-0.05, 0) is 42.5 Å². The van der Waals surface area contributed by atoms with E-state index in [1.54, 1.807) is 16.7 Å². The third kappa shape index (κ3) is 4.34. The molecule has 1 aliphatic rings. The van der Waals surface area contributed by atoms with Crippen LogP contribution in [-0.4, -0.2) is 32.3 Å². The van der Waals surface area contributed by atoms with Gasteiger partial charge < -0.3 is 15.5 Å². The summed E-state index contributed by atoms with van der Waals surface area (Å²) in [7, 11) is 0. The fraction of sp³-hybridized carbons (Fsp3) is 0.300. The Morgan fingerprint density at radius 2 is 2.10 bits per heavy atom. The fourth-order valence-corrected chi connectivity index (χ4v) is 4.30. The van der Waals surface area contributed by atoms with Crippen molar-refractivity contribution in [2.75, 3.05) is 5.75 Å². The number of nitrogens with one attached hydrogen (secondary N) is 1. The van der Waals surface area contributed by atoms with Crippen LogP contribution in [0, 0.1) is 0 Å². The molecule has 3 N–H and O–H groups in total. The number of primary amides is 1. The summed E-state index contributed by atoms with van der Waals surface area (Å²) < 4.78 is 6.92. The highest BCUT2D eigenvalue weighted by Crippen LogP contribution is 2.30. The van der Waals surface area contributed by atoms with Gasteiger partial charge in [0.15, 0.2) is 10.9 Å².